The Labute approximate surface area is 366 Å². The van der Waals surface area contributed by atoms with Gasteiger partial charge < -0.3 is 9.13 Å². The van der Waals surface area contributed by atoms with Crippen LogP contribution >= 0.6 is 0 Å². The third-order valence-corrected chi connectivity index (χ3v) is 11.4. The molecule has 0 aliphatic carbocycles. The van der Waals surface area contributed by atoms with Crippen molar-refractivity contribution in [3.63, 3.8) is 0 Å². The standard InChI is InChI=1S/2C24H22F2N6/c2*1-15-13-31(14-27-15)22-9-6-18(28-16(22)2)7-10-23-29-24-19(4-3-11-32(24)30-23)17-5-8-20(25)21(26)12-17/h2*5-10,12-14,19H,3-4,11H2,1-2H3/b2*10-7+/t2*19-/m10/s1. The fourth-order valence-electron chi connectivity index (χ4n) is 8.27. The maximum atomic E-state index is 13.8. The molecule has 64 heavy (non-hydrogen) atoms. The van der Waals surface area contributed by atoms with E-state index in [0.29, 0.717) is 11.6 Å². The molecule has 2 aromatic carbocycles. The Morgan fingerprint density at radius 2 is 0.953 bits per heavy atom. The van der Waals surface area contributed by atoms with Crippen molar-refractivity contribution < 1.29 is 17.6 Å². The van der Waals surface area contributed by atoms with Crippen LogP contribution in [-0.2, 0) is 13.1 Å². The molecule has 0 radical (unpaired) electrons. The second-order valence-electron chi connectivity index (χ2n) is 16.0. The van der Waals surface area contributed by atoms with Crippen LogP contribution in [0.25, 0.3) is 35.7 Å². The number of halogens is 4. The Morgan fingerprint density at radius 1 is 0.516 bits per heavy atom. The molecular formula is C48H44F4N12. The van der Waals surface area contributed by atoms with Gasteiger partial charge in [0.2, 0.25) is 0 Å². The van der Waals surface area contributed by atoms with Crippen molar-refractivity contribution in [2.45, 2.75) is 78.3 Å². The predicted octanol–water partition coefficient (Wildman–Crippen LogP) is 9.70. The number of aryl methyl sites for hydroxylation is 6. The lowest BCUT2D eigenvalue weighted by atomic mass is 9.91. The summed E-state index contributed by atoms with van der Waals surface area (Å²) in [7, 11) is 0. The van der Waals surface area contributed by atoms with Gasteiger partial charge in [-0.05, 0) is 137 Å². The number of imidazole rings is 2. The van der Waals surface area contributed by atoms with Crippen molar-refractivity contribution in [1.82, 2.24) is 58.6 Å². The van der Waals surface area contributed by atoms with Crippen molar-refractivity contribution in [2.75, 3.05) is 0 Å². The Balaban J connectivity index is 0.000000162. The summed E-state index contributed by atoms with van der Waals surface area (Å²) in [5.41, 5.74) is 8.67. The van der Waals surface area contributed by atoms with Crippen LogP contribution in [-0.4, -0.2) is 58.6 Å². The molecular weight excluding hydrogens is 821 g/mol. The summed E-state index contributed by atoms with van der Waals surface area (Å²) in [6, 6.07) is 16.0. The van der Waals surface area contributed by atoms with E-state index in [1.54, 1.807) is 24.8 Å². The van der Waals surface area contributed by atoms with E-state index in [4.69, 9.17) is 0 Å². The molecule has 0 saturated carbocycles. The van der Waals surface area contributed by atoms with E-state index >= 15 is 0 Å². The van der Waals surface area contributed by atoms with Gasteiger partial charge in [-0.2, -0.15) is 10.2 Å². The molecule has 324 valence electrons. The number of aromatic nitrogens is 12. The maximum Gasteiger partial charge on any atom is 0.174 e. The van der Waals surface area contributed by atoms with E-state index in [1.807, 2.05) is 107 Å². The molecule has 0 amide bonds. The van der Waals surface area contributed by atoms with Crippen molar-refractivity contribution in [3.05, 3.63) is 178 Å². The number of rotatable bonds is 8. The first-order valence-electron chi connectivity index (χ1n) is 21.1. The van der Waals surface area contributed by atoms with Crippen molar-refractivity contribution in [1.29, 1.82) is 0 Å². The van der Waals surface area contributed by atoms with Gasteiger partial charge in [-0.3, -0.25) is 9.97 Å². The second-order valence-corrected chi connectivity index (χ2v) is 16.0. The summed E-state index contributed by atoms with van der Waals surface area (Å²) in [6.45, 7) is 9.33. The molecule has 10 rings (SSSR count). The summed E-state index contributed by atoms with van der Waals surface area (Å²) in [6.07, 6.45) is 18.3. The zero-order valence-electron chi connectivity index (χ0n) is 35.7. The van der Waals surface area contributed by atoms with Crippen LogP contribution < -0.4 is 0 Å². The number of hydrogen-bond acceptors (Lipinski definition) is 8. The lowest BCUT2D eigenvalue weighted by molar-refractivity contribution is 0.442. The first kappa shape index (κ1) is 42.0. The average molecular weight is 865 g/mol. The molecule has 0 bridgehead atoms. The highest BCUT2D eigenvalue weighted by atomic mass is 19.2. The fraction of sp³-hybridized carbons (Fsp3) is 0.250. The smallest absolute Gasteiger partial charge is 0.174 e. The quantitative estimate of drug-likeness (QED) is 0.139. The highest BCUT2D eigenvalue weighted by Crippen LogP contribution is 2.34. The van der Waals surface area contributed by atoms with Crippen molar-refractivity contribution >= 4 is 24.3 Å². The lowest BCUT2D eigenvalue weighted by Gasteiger charge is -2.22. The minimum absolute atomic E-state index is 0.105. The summed E-state index contributed by atoms with van der Waals surface area (Å²) >= 11 is 0. The number of nitrogens with zero attached hydrogens (tertiary/aromatic N) is 12. The van der Waals surface area contributed by atoms with Crippen LogP contribution in [0.1, 0.15) is 106 Å². The molecule has 2 aliphatic rings. The number of hydrogen-bond donors (Lipinski definition) is 0. The predicted molar refractivity (Wildman–Crippen MR) is 234 cm³/mol. The Morgan fingerprint density at radius 3 is 1.33 bits per heavy atom. The van der Waals surface area contributed by atoms with Gasteiger partial charge in [0.25, 0.3) is 0 Å². The van der Waals surface area contributed by atoms with Gasteiger partial charge in [0.1, 0.15) is 11.6 Å². The molecule has 12 nitrogen and oxygen atoms in total. The number of fused-ring (bicyclic) bond motifs is 2. The average Bonchev–Trinajstić information content (AvgIpc) is 4.11. The van der Waals surface area contributed by atoms with Gasteiger partial charge in [-0.1, -0.05) is 12.1 Å². The van der Waals surface area contributed by atoms with Gasteiger partial charge in [-0.15, -0.1) is 0 Å². The minimum Gasteiger partial charge on any atom is -0.304 e. The summed E-state index contributed by atoms with van der Waals surface area (Å²) in [5.74, 6) is -0.873. The second kappa shape index (κ2) is 17.8. The lowest BCUT2D eigenvalue weighted by Crippen LogP contribution is -2.18. The summed E-state index contributed by atoms with van der Waals surface area (Å²) in [5, 5.41) is 9.17. The van der Waals surface area contributed by atoms with Crippen molar-refractivity contribution in [3.8, 4) is 11.4 Å². The first-order chi connectivity index (χ1) is 30.9. The zero-order chi connectivity index (χ0) is 44.5. The summed E-state index contributed by atoms with van der Waals surface area (Å²) in [4.78, 5) is 27.2. The molecule has 0 saturated heterocycles. The van der Waals surface area contributed by atoms with Gasteiger partial charge >= 0.3 is 0 Å². The van der Waals surface area contributed by atoms with Crippen LogP contribution in [0.5, 0.6) is 0 Å². The first-order valence-corrected chi connectivity index (χ1v) is 21.1. The summed E-state index contributed by atoms with van der Waals surface area (Å²) < 4.78 is 61.8. The van der Waals surface area contributed by atoms with Crippen molar-refractivity contribution in [2.24, 2.45) is 0 Å². The number of pyridine rings is 2. The minimum atomic E-state index is -0.841. The molecule has 0 spiro atoms. The van der Waals surface area contributed by atoms with E-state index in [9.17, 15) is 17.6 Å². The van der Waals surface area contributed by atoms with Crippen LogP contribution in [0.15, 0.2) is 85.7 Å². The Bertz CT molecular complexity index is 2840. The Kier molecular flexibility index (Phi) is 11.7. The third-order valence-electron chi connectivity index (χ3n) is 11.4. The highest BCUT2D eigenvalue weighted by Gasteiger charge is 2.27. The molecule has 8 aromatic rings. The van der Waals surface area contributed by atoms with Gasteiger partial charge in [0.05, 0.1) is 58.2 Å². The molecule has 0 unspecified atom stereocenters. The van der Waals surface area contributed by atoms with E-state index in [0.717, 1.165) is 107 Å². The molecule has 0 N–H and O–H groups in total. The Hall–Kier alpha value is -7.36. The SMILES string of the molecule is Cc1cn(-c2ccc(/C=C/c3nc4n(n3)CCC[C@@H]4c3ccc(F)c(F)c3)nc2C)cn1.Cc1cn(-c2ccc(/C=C/c3nc4n(n3)CCC[C@H]4c3ccc(F)c(F)c3)nc2C)cn1. The molecule has 2 atom stereocenters. The van der Waals surface area contributed by atoms with Crippen LogP contribution in [0.2, 0.25) is 0 Å². The normalized spacial score (nSPS) is 15.9. The van der Waals surface area contributed by atoms with Gasteiger partial charge in [-0.25, -0.2) is 46.9 Å². The topological polar surface area (TPSA) is 123 Å². The van der Waals surface area contributed by atoms with Crippen LogP contribution in [0, 0.1) is 51.0 Å². The van der Waals surface area contributed by atoms with Crippen LogP contribution in [0.4, 0.5) is 17.6 Å². The van der Waals surface area contributed by atoms with E-state index < -0.39 is 23.3 Å². The van der Waals surface area contributed by atoms with Gasteiger partial charge in [0, 0.05) is 37.3 Å². The monoisotopic (exact) mass is 864 g/mol. The van der Waals surface area contributed by atoms with Gasteiger partial charge in [0.15, 0.2) is 34.9 Å². The zero-order valence-corrected chi connectivity index (χ0v) is 35.7. The van der Waals surface area contributed by atoms with Crippen LogP contribution in [0.3, 0.4) is 0 Å². The van der Waals surface area contributed by atoms with E-state index in [2.05, 4.69) is 40.1 Å². The van der Waals surface area contributed by atoms with E-state index in [1.165, 1.54) is 24.3 Å². The molecule has 0 fully saturated rings. The third kappa shape index (κ3) is 8.94. The molecule has 2 aliphatic heterocycles. The largest absolute Gasteiger partial charge is 0.304 e. The highest BCUT2D eigenvalue weighted by molar-refractivity contribution is 5.66. The maximum absolute atomic E-state index is 13.8. The van der Waals surface area contributed by atoms with E-state index in [-0.39, 0.29) is 11.8 Å². The molecule has 16 heteroatoms. The number of benzene rings is 2. The molecule has 8 heterocycles. The fourth-order valence-corrected chi connectivity index (χ4v) is 8.27. The molecule has 6 aromatic heterocycles.